The molecule has 2 aromatic carbocycles. The van der Waals surface area contributed by atoms with Crippen LogP contribution in [0.3, 0.4) is 0 Å². The molecule has 7 nitrogen and oxygen atoms in total. The highest BCUT2D eigenvalue weighted by atomic mass is 32.2. The number of benzene rings is 2. The van der Waals surface area contributed by atoms with Crippen molar-refractivity contribution in [3.05, 3.63) is 60.2 Å². The average Bonchev–Trinajstić information content (AvgIpc) is 3.07. The van der Waals surface area contributed by atoms with Gasteiger partial charge in [-0.15, -0.1) is 10.2 Å². The van der Waals surface area contributed by atoms with Crippen molar-refractivity contribution >= 4 is 29.3 Å². The first kappa shape index (κ1) is 18.7. The van der Waals surface area contributed by atoms with E-state index < -0.39 is 5.97 Å². The van der Waals surface area contributed by atoms with Gasteiger partial charge >= 0.3 is 5.97 Å². The molecule has 1 heterocycles. The van der Waals surface area contributed by atoms with Crippen LogP contribution < -0.4 is 5.32 Å². The monoisotopic (exact) mass is 382 g/mol. The molecular weight excluding hydrogens is 364 g/mol. The van der Waals surface area contributed by atoms with Gasteiger partial charge in [0.2, 0.25) is 5.91 Å². The summed E-state index contributed by atoms with van der Waals surface area (Å²) in [5, 5.41) is 11.7. The summed E-state index contributed by atoms with van der Waals surface area (Å²) in [6.45, 7) is 0. The molecule has 0 aliphatic rings. The smallest absolute Gasteiger partial charge is 0.339 e. The van der Waals surface area contributed by atoms with Crippen LogP contribution in [0.4, 0.5) is 5.69 Å². The average molecular weight is 382 g/mol. The molecule has 0 saturated carbocycles. The number of hydrogen-bond acceptors (Lipinski definition) is 6. The zero-order valence-electron chi connectivity index (χ0n) is 14.9. The normalized spacial score (nSPS) is 10.4. The number of amides is 1. The van der Waals surface area contributed by atoms with Crippen molar-refractivity contribution in [1.29, 1.82) is 0 Å². The topological polar surface area (TPSA) is 86.1 Å². The molecule has 3 aromatic rings. The number of nitrogens with one attached hydrogen (secondary N) is 1. The molecule has 0 fully saturated rings. The number of rotatable bonds is 6. The first-order valence-corrected chi connectivity index (χ1v) is 9.13. The van der Waals surface area contributed by atoms with Gasteiger partial charge in [0.15, 0.2) is 11.0 Å². The fourth-order valence-corrected chi connectivity index (χ4v) is 3.19. The van der Waals surface area contributed by atoms with Crippen LogP contribution in [-0.2, 0) is 16.6 Å². The van der Waals surface area contributed by atoms with Crippen LogP contribution in [0.15, 0.2) is 59.8 Å². The van der Waals surface area contributed by atoms with Gasteiger partial charge < -0.3 is 14.6 Å². The zero-order valence-corrected chi connectivity index (χ0v) is 15.7. The van der Waals surface area contributed by atoms with E-state index in [9.17, 15) is 9.59 Å². The van der Waals surface area contributed by atoms with Gasteiger partial charge in [-0.1, -0.05) is 54.2 Å². The van der Waals surface area contributed by atoms with Crippen LogP contribution in [0.25, 0.3) is 11.4 Å². The van der Waals surface area contributed by atoms with Crippen molar-refractivity contribution in [1.82, 2.24) is 14.8 Å². The Bertz CT molecular complexity index is 957. The summed E-state index contributed by atoms with van der Waals surface area (Å²) in [7, 11) is 3.16. The number of esters is 1. The molecule has 0 saturated heterocycles. The maximum Gasteiger partial charge on any atom is 0.339 e. The Labute approximate surface area is 160 Å². The summed E-state index contributed by atoms with van der Waals surface area (Å²) in [5.41, 5.74) is 1.68. The Hall–Kier alpha value is -3.13. The van der Waals surface area contributed by atoms with Gasteiger partial charge in [0.1, 0.15) is 0 Å². The van der Waals surface area contributed by atoms with Crippen LogP contribution in [0, 0.1) is 0 Å². The molecule has 8 heteroatoms. The first-order chi connectivity index (χ1) is 13.1. The fourth-order valence-electron chi connectivity index (χ4n) is 2.48. The summed E-state index contributed by atoms with van der Waals surface area (Å²) in [5.74, 6) is 0.116. The summed E-state index contributed by atoms with van der Waals surface area (Å²) in [6, 6.07) is 16.4. The number of methoxy groups -OCH3 is 1. The van der Waals surface area contributed by atoms with Crippen molar-refractivity contribution in [2.75, 3.05) is 18.2 Å². The summed E-state index contributed by atoms with van der Waals surface area (Å²) in [6.07, 6.45) is 0. The molecule has 0 radical (unpaired) electrons. The lowest BCUT2D eigenvalue weighted by Gasteiger charge is -2.09. The van der Waals surface area contributed by atoms with Gasteiger partial charge in [0.25, 0.3) is 0 Å². The Morgan fingerprint density at radius 3 is 2.52 bits per heavy atom. The predicted molar refractivity (Wildman–Crippen MR) is 104 cm³/mol. The van der Waals surface area contributed by atoms with Crippen LogP contribution in [0.2, 0.25) is 0 Å². The highest BCUT2D eigenvalue weighted by Gasteiger charge is 2.15. The van der Waals surface area contributed by atoms with E-state index in [-0.39, 0.29) is 11.7 Å². The standard InChI is InChI=1S/C19H18N4O3S/c1-23-17(13-8-4-3-5-9-13)21-22-19(23)27-12-16(24)20-15-11-7-6-10-14(15)18(25)26-2/h3-11H,12H2,1-2H3,(H,20,24). The molecule has 1 amide bonds. The van der Waals surface area contributed by atoms with Crippen LogP contribution in [-0.4, -0.2) is 39.5 Å². The van der Waals surface area contributed by atoms with Crippen LogP contribution in [0.5, 0.6) is 0 Å². The SMILES string of the molecule is COC(=O)c1ccccc1NC(=O)CSc1nnc(-c2ccccc2)n1C. The minimum atomic E-state index is -0.501. The van der Waals surface area contributed by atoms with E-state index in [2.05, 4.69) is 15.5 Å². The molecular formula is C19H18N4O3S. The van der Waals surface area contributed by atoms with Crippen LogP contribution in [0.1, 0.15) is 10.4 Å². The molecule has 0 spiro atoms. The molecule has 1 aromatic heterocycles. The van der Waals surface area contributed by atoms with E-state index >= 15 is 0 Å². The number of carbonyl (C=O) groups is 2. The van der Waals surface area contributed by atoms with Gasteiger partial charge in [-0.2, -0.15) is 0 Å². The number of nitrogens with zero attached hydrogens (tertiary/aromatic N) is 3. The summed E-state index contributed by atoms with van der Waals surface area (Å²) in [4.78, 5) is 24.1. The lowest BCUT2D eigenvalue weighted by atomic mass is 10.2. The molecule has 0 aliphatic carbocycles. The third-order valence-electron chi connectivity index (χ3n) is 3.81. The summed E-state index contributed by atoms with van der Waals surface area (Å²) >= 11 is 1.27. The third kappa shape index (κ3) is 4.35. The van der Waals surface area contributed by atoms with Crippen molar-refractivity contribution < 1.29 is 14.3 Å². The van der Waals surface area contributed by atoms with E-state index in [1.807, 2.05) is 41.9 Å². The highest BCUT2D eigenvalue weighted by Crippen LogP contribution is 2.23. The van der Waals surface area contributed by atoms with E-state index in [4.69, 9.17) is 4.74 Å². The highest BCUT2D eigenvalue weighted by molar-refractivity contribution is 7.99. The maximum atomic E-state index is 12.3. The molecule has 0 bridgehead atoms. The fraction of sp³-hybridized carbons (Fsp3) is 0.158. The van der Waals surface area contributed by atoms with Crippen molar-refractivity contribution in [3.63, 3.8) is 0 Å². The number of ether oxygens (including phenoxy) is 1. The third-order valence-corrected chi connectivity index (χ3v) is 4.83. The molecule has 3 rings (SSSR count). The minimum absolute atomic E-state index is 0.135. The van der Waals surface area contributed by atoms with Gasteiger partial charge in [-0.3, -0.25) is 4.79 Å². The number of aromatic nitrogens is 3. The Kier molecular flexibility index (Phi) is 5.87. The number of para-hydroxylation sites is 1. The minimum Gasteiger partial charge on any atom is -0.465 e. The Morgan fingerprint density at radius 1 is 1.07 bits per heavy atom. The second-order valence-corrected chi connectivity index (χ2v) is 6.55. The van der Waals surface area contributed by atoms with Crippen molar-refractivity contribution in [3.8, 4) is 11.4 Å². The van der Waals surface area contributed by atoms with Gasteiger partial charge in [-0.25, -0.2) is 4.79 Å². The number of thioether (sulfide) groups is 1. The molecule has 0 aliphatic heterocycles. The lowest BCUT2D eigenvalue weighted by molar-refractivity contribution is -0.113. The van der Waals surface area contributed by atoms with E-state index in [1.54, 1.807) is 24.3 Å². The lowest BCUT2D eigenvalue weighted by Crippen LogP contribution is -2.17. The molecule has 27 heavy (non-hydrogen) atoms. The second-order valence-electron chi connectivity index (χ2n) is 5.61. The van der Waals surface area contributed by atoms with E-state index in [0.717, 1.165) is 11.4 Å². The zero-order chi connectivity index (χ0) is 19.2. The second kappa shape index (κ2) is 8.50. The summed E-state index contributed by atoms with van der Waals surface area (Å²) < 4.78 is 6.57. The first-order valence-electron chi connectivity index (χ1n) is 8.15. The number of hydrogen-bond donors (Lipinski definition) is 1. The molecule has 1 N–H and O–H groups in total. The Morgan fingerprint density at radius 2 is 1.78 bits per heavy atom. The van der Waals surface area contributed by atoms with Crippen molar-refractivity contribution in [2.45, 2.75) is 5.16 Å². The van der Waals surface area contributed by atoms with Gasteiger partial charge in [0, 0.05) is 12.6 Å². The predicted octanol–water partition coefficient (Wildman–Crippen LogP) is 3.00. The molecule has 0 atom stereocenters. The van der Waals surface area contributed by atoms with Crippen LogP contribution >= 0.6 is 11.8 Å². The number of anilines is 1. The molecule has 138 valence electrons. The van der Waals surface area contributed by atoms with E-state index in [1.165, 1.54) is 18.9 Å². The quantitative estimate of drug-likeness (QED) is 0.521. The number of carbonyl (C=O) groups excluding carboxylic acids is 2. The maximum absolute atomic E-state index is 12.3. The van der Waals surface area contributed by atoms with Gasteiger partial charge in [-0.05, 0) is 12.1 Å². The largest absolute Gasteiger partial charge is 0.465 e. The van der Waals surface area contributed by atoms with Crippen molar-refractivity contribution in [2.24, 2.45) is 7.05 Å². The van der Waals surface area contributed by atoms with E-state index in [0.29, 0.717) is 16.4 Å². The Balaban J connectivity index is 1.66. The molecule has 0 unspecified atom stereocenters. The van der Waals surface area contributed by atoms with Gasteiger partial charge in [0.05, 0.1) is 24.1 Å².